The maximum absolute atomic E-state index is 6.07. The van der Waals surface area contributed by atoms with Crippen LogP contribution in [0.25, 0.3) is 11.6 Å². The zero-order valence-corrected chi connectivity index (χ0v) is 16.7. The van der Waals surface area contributed by atoms with Crippen LogP contribution in [0.4, 0.5) is 0 Å². The van der Waals surface area contributed by atoms with E-state index in [1.165, 1.54) is 19.3 Å². The van der Waals surface area contributed by atoms with Gasteiger partial charge in [-0.05, 0) is 43.5 Å². The highest BCUT2D eigenvalue weighted by Gasteiger charge is 2.26. The SMILES string of the molecule is CCOc1ccc(C2Cn3nc(-c4nc(C5CCCCC5)no4)cc3CO2)cc1. The number of aromatic nitrogens is 4. The molecule has 152 valence electrons. The number of ether oxygens (including phenoxy) is 2. The van der Waals surface area contributed by atoms with E-state index in [2.05, 4.69) is 22.3 Å². The minimum Gasteiger partial charge on any atom is -0.494 e. The van der Waals surface area contributed by atoms with Crippen LogP contribution in [0.15, 0.2) is 34.9 Å². The monoisotopic (exact) mass is 394 g/mol. The molecule has 1 atom stereocenters. The summed E-state index contributed by atoms with van der Waals surface area (Å²) in [5.41, 5.74) is 2.87. The third kappa shape index (κ3) is 3.79. The Hall–Kier alpha value is -2.67. The summed E-state index contributed by atoms with van der Waals surface area (Å²) in [5.74, 6) is 2.63. The van der Waals surface area contributed by atoms with Gasteiger partial charge in [-0.1, -0.05) is 36.6 Å². The maximum Gasteiger partial charge on any atom is 0.278 e. The smallest absolute Gasteiger partial charge is 0.278 e. The Morgan fingerprint density at radius 3 is 2.76 bits per heavy atom. The molecule has 1 aromatic carbocycles. The van der Waals surface area contributed by atoms with E-state index in [0.717, 1.165) is 41.4 Å². The van der Waals surface area contributed by atoms with E-state index >= 15 is 0 Å². The molecule has 0 amide bonds. The predicted octanol–water partition coefficient (Wildman–Crippen LogP) is 4.65. The van der Waals surface area contributed by atoms with Crippen LogP contribution in [0, 0.1) is 0 Å². The molecule has 3 heterocycles. The first kappa shape index (κ1) is 18.4. The number of nitrogens with zero attached hydrogens (tertiary/aromatic N) is 4. The molecule has 0 bridgehead atoms. The summed E-state index contributed by atoms with van der Waals surface area (Å²) in [6.07, 6.45) is 6.07. The van der Waals surface area contributed by atoms with Gasteiger partial charge in [-0.15, -0.1) is 0 Å². The molecule has 0 saturated heterocycles. The van der Waals surface area contributed by atoms with Gasteiger partial charge in [0.05, 0.1) is 25.5 Å². The molecule has 7 heteroatoms. The molecular formula is C22H26N4O3. The molecule has 29 heavy (non-hydrogen) atoms. The number of hydrogen-bond acceptors (Lipinski definition) is 6. The van der Waals surface area contributed by atoms with Crippen molar-refractivity contribution < 1.29 is 14.0 Å². The molecular weight excluding hydrogens is 368 g/mol. The van der Waals surface area contributed by atoms with Crippen LogP contribution >= 0.6 is 0 Å². The Balaban J connectivity index is 1.31. The molecule has 7 nitrogen and oxygen atoms in total. The molecule has 1 aliphatic carbocycles. The summed E-state index contributed by atoms with van der Waals surface area (Å²) >= 11 is 0. The van der Waals surface area contributed by atoms with Crippen molar-refractivity contribution in [3.63, 3.8) is 0 Å². The highest BCUT2D eigenvalue weighted by Crippen LogP contribution is 2.33. The fourth-order valence-corrected chi connectivity index (χ4v) is 4.24. The van der Waals surface area contributed by atoms with Crippen LogP contribution in [-0.4, -0.2) is 26.5 Å². The number of hydrogen-bond donors (Lipinski definition) is 0. The van der Waals surface area contributed by atoms with E-state index in [1.54, 1.807) is 0 Å². The third-order valence-electron chi connectivity index (χ3n) is 5.83. The fraction of sp³-hybridized carbons (Fsp3) is 0.500. The van der Waals surface area contributed by atoms with Crippen molar-refractivity contribution in [3.05, 3.63) is 47.4 Å². The number of benzene rings is 1. The summed E-state index contributed by atoms with van der Waals surface area (Å²) in [4.78, 5) is 4.64. The second kappa shape index (κ2) is 7.99. The Kier molecular flexibility index (Phi) is 5.06. The van der Waals surface area contributed by atoms with E-state index < -0.39 is 0 Å². The van der Waals surface area contributed by atoms with Crippen LogP contribution in [-0.2, 0) is 17.9 Å². The first-order valence-corrected chi connectivity index (χ1v) is 10.5. The van der Waals surface area contributed by atoms with Crippen LogP contribution in [0.5, 0.6) is 5.75 Å². The Labute approximate surface area is 170 Å². The predicted molar refractivity (Wildman–Crippen MR) is 106 cm³/mol. The fourth-order valence-electron chi connectivity index (χ4n) is 4.24. The van der Waals surface area contributed by atoms with Gasteiger partial charge in [0.2, 0.25) is 0 Å². The van der Waals surface area contributed by atoms with Crippen molar-refractivity contribution >= 4 is 0 Å². The Morgan fingerprint density at radius 1 is 1.14 bits per heavy atom. The van der Waals surface area contributed by atoms with Gasteiger partial charge in [-0.3, -0.25) is 4.68 Å². The number of rotatable bonds is 5. The summed E-state index contributed by atoms with van der Waals surface area (Å²) in [7, 11) is 0. The number of fused-ring (bicyclic) bond motifs is 1. The van der Waals surface area contributed by atoms with E-state index in [-0.39, 0.29) is 6.10 Å². The molecule has 0 radical (unpaired) electrons. The molecule has 1 unspecified atom stereocenters. The van der Waals surface area contributed by atoms with Crippen LogP contribution in [0.2, 0.25) is 0 Å². The third-order valence-corrected chi connectivity index (χ3v) is 5.83. The molecule has 1 aliphatic heterocycles. The van der Waals surface area contributed by atoms with Crippen molar-refractivity contribution in [2.45, 2.75) is 64.2 Å². The van der Waals surface area contributed by atoms with Gasteiger partial charge in [0.15, 0.2) is 11.5 Å². The van der Waals surface area contributed by atoms with Gasteiger partial charge in [0.1, 0.15) is 11.9 Å². The van der Waals surface area contributed by atoms with Gasteiger partial charge >= 0.3 is 0 Å². The quantitative estimate of drug-likeness (QED) is 0.627. The first-order valence-electron chi connectivity index (χ1n) is 10.5. The van der Waals surface area contributed by atoms with Gasteiger partial charge in [0.25, 0.3) is 5.89 Å². The van der Waals surface area contributed by atoms with E-state index in [0.29, 0.717) is 31.6 Å². The lowest BCUT2D eigenvalue weighted by Crippen LogP contribution is -2.21. The molecule has 1 saturated carbocycles. The zero-order chi connectivity index (χ0) is 19.6. The average molecular weight is 394 g/mol. The van der Waals surface area contributed by atoms with Crippen molar-refractivity contribution in [2.75, 3.05) is 6.61 Å². The largest absolute Gasteiger partial charge is 0.494 e. The zero-order valence-electron chi connectivity index (χ0n) is 16.7. The van der Waals surface area contributed by atoms with Crippen molar-refractivity contribution in [1.82, 2.24) is 19.9 Å². The molecule has 5 rings (SSSR count). The Bertz CT molecular complexity index is 957. The summed E-state index contributed by atoms with van der Waals surface area (Å²) in [6, 6.07) is 10.1. The van der Waals surface area contributed by atoms with E-state index in [4.69, 9.17) is 19.1 Å². The molecule has 1 fully saturated rings. The van der Waals surface area contributed by atoms with Crippen molar-refractivity contribution in [1.29, 1.82) is 0 Å². The topological polar surface area (TPSA) is 75.2 Å². The molecule has 2 aromatic heterocycles. The summed E-state index contributed by atoms with van der Waals surface area (Å²) in [5, 5.41) is 8.95. The van der Waals surface area contributed by atoms with Gasteiger partial charge in [-0.25, -0.2) is 0 Å². The minimum absolute atomic E-state index is 0.0357. The lowest BCUT2D eigenvalue weighted by molar-refractivity contribution is -0.00115. The summed E-state index contributed by atoms with van der Waals surface area (Å²) in [6.45, 7) is 3.81. The molecule has 0 N–H and O–H groups in total. The van der Waals surface area contributed by atoms with E-state index in [1.807, 2.05) is 29.8 Å². The molecule has 2 aliphatic rings. The van der Waals surface area contributed by atoms with Gasteiger partial charge < -0.3 is 14.0 Å². The Morgan fingerprint density at radius 2 is 1.97 bits per heavy atom. The minimum atomic E-state index is -0.0357. The standard InChI is InChI=1S/C22H26N4O3/c1-2-27-18-10-8-15(9-11-18)20-13-26-17(14-28-20)12-19(24-26)22-23-21(25-29-22)16-6-4-3-5-7-16/h8-12,16,20H,2-7,13-14H2,1H3. The normalized spacial score (nSPS) is 19.8. The second-order valence-corrected chi connectivity index (χ2v) is 7.80. The maximum atomic E-state index is 6.07. The average Bonchev–Trinajstić information content (AvgIpc) is 3.42. The van der Waals surface area contributed by atoms with Crippen LogP contribution < -0.4 is 4.74 Å². The highest BCUT2D eigenvalue weighted by molar-refractivity contribution is 5.47. The van der Waals surface area contributed by atoms with Crippen molar-refractivity contribution in [3.8, 4) is 17.3 Å². The van der Waals surface area contributed by atoms with Crippen LogP contribution in [0.3, 0.4) is 0 Å². The summed E-state index contributed by atoms with van der Waals surface area (Å²) < 4.78 is 19.1. The van der Waals surface area contributed by atoms with Gasteiger partial charge in [-0.2, -0.15) is 10.1 Å². The second-order valence-electron chi connectivity index (χ2n) is 7.80. The van der Waals surface area contributed by atoms with Crippen molar-refractivity contribution in [2.24, 2.45) is 0 Å². The van der Waals surface area contributed by atoms with Gasteiger partial charge in [0, 0.05) is 5.92 Å². The lowest BCUT2D eigenvalue weighted by Gasteiger charge is -2.24. The first-order chi connectivity index (χ1) is 14.3. The molecule has 3 aromatic rings. The lowest BCUT2D eigenvalue weighted by atomic mass is 9.89. The molecule has 0 spiro atoms. The van der Waals surface area contributed by atoms with Crippen LogP contribution in [0.1, 0.15) is 68.1 Å². The van der Waals surface area contributed by atoms with E-state index in [9.17, 15) is 0 Å². The highest BCUT2D eigenvalue weighted by atomic mass is 16.5.